The molecule has 0 bridgehead atoms. The molecule has 2 amide bonds. The fourth-order valence-electron chi connectivity index (χ4n) is 8.90. The molecule has 20 nitrogen and oxygen atoms in total. The number of carbonyl (C=O) groups excluding carboxylic acids is 4. The Kier molecular flexibility index (Phi) is 36.3. The maximum atomic E-state index is 13.6. The summed E-state index contributed by atoms with van der Waals surface area (Å²) in [6.45, 7) is 7.65. The molecule has 0 aromatic heterocycles. The molecule has 8 rings (SSSR count). The van der Waals surface area contributed by atoms with Gasteiger partial charge in [-0.15, -0.1) is 0 Å². The van der Waals surface area contributed by atoms with Gasteiger partial charge in [0, 0.05) is 47.7 Å². The predicted octanol–water partition coefficient (Wildman–Crippen LogP) is 1.47. The molecule has 27 heteroatoms. The largest absolute Gasteiger partial charge is 2.00 e. The molecule has 6 aromatic rings. The second-order valence-corrected chi connectivity index (χ2v) is 18.1. The molecule has 2 aliphatic carbocycles. The molecular weight excluding hydrogens is 1130 g/mol. The average Bonchev–Trinajstić information content (AvgIpc) is 4.24. The fraction of sp³-hybridized carbons (Fsp3) is 0.286. The van der Waals surface area contributed by atoms with Gasteiger partial charge in [-0.2, -0.15) is 26.3 Å². The van der Waals surface area contributed by atoms with Crippen LogP contribution in [0.5, 0.6) is 11.5 Å². The summed E-state index contributed by atoms with van der Waals surface area (Å²) in [6, 6.07) is 33.1. The maximum Gasteiger partial charge on any atom is 2.00 e. The van der Waals surface area contributed by atoms with E-state index in [0.717, 1.165) is 23.3 Å². The van der Waals surface area contributed by atoms with Crippen LogP contribution in [-0.2, 0) is 34.8 Å². The zero-order valence-electron chi connectivity index (χ0n) is 45.3. The number of ether oxygens (including phenoxy) is 2. The number of alkyl halides is 6. The van der Waals surface area contributed by atoms with Crippen molar-refractivity contribution in [1.29, 1.82) is 0 Å². The molecule has 0 aliphatic heterocycles. The molecule has 2 saturated carbocycles. The third-order valence-corrected chi connectivity index (χ3v) is 12.7. The molecule has 4 atom stereocenters. The number of hydrogen-bond acceptors (Lipinski definition) is 8. The number of hydrogen-bond donors (Lipinski definition) is 2. The first kappa shape index (κ1) is 84.6. The first-order valence-corrected chi connectivity index (χ1v) is 23.1. The van der Waals surface area contributed by atoms with E-state index in [-0.39, 0.29) is 88.9 Å². The Balaban J connectivity index is -0.000000431. The van der Waals surface area contributed by atoms with Gasteiger partial charge in [-0.1, -0.05) is 72.8 Å². The molecule has 0 heterocycles. The van der Waals surface area contributed by atoms with Crippen molar-refractivity contribution in [2.45, 2.75) is 77.6 Å². The van der Waals surface area contributed by atoms with Crippen molar-refractivity contribution in [3.8, 4) is 11.5 Å². The molecule has 456 valence electrons. The number of anilines is 2. The SMILES string of the molecule is Cc1cc(OCCc2ccccc2)cc(C)c1C(=O)Nc1cc([C@H]2C[C@H]2C(=O)[O-])ccc1C(F)(F)F.Cc1cc(OCCc2ccccc2)cc(C)c1C(=O)Nc1cc([C@H]2C[C@H]2C(=O)[O-])ccc1C(F)(F)F.O.O.O.O.O.O.O.O.O.O.[Mg+2]. The normalized spacial score (nSPS) is 14.7. The second kappa shape index (κ2) is 35.7. The van der Waals surface area contributed by atoms with Crippen molar-refractivity contribution in [1.82, 2.24) is 0 Å². The molecule has 83 heavy (non-hydrogen) atoms. The molecule has 0 unspecified atom stereocenters. The Morgan fingerprint density at radius 1 is 0.470 bits per heavy atom. The minimum absolute atomic E-state index is 0. The zero-order chi connectivity index (χ0) is 52.1. The zero-order valence-corrected chi connectivity index (χ0v) is 46.8. The Bertz CT molecular complexity index is 2760. The van der Waals surface area contributed by atoms with E-state index < -0.39 is 82.3 Å². The first-order valence-electron chi connectivity index (χ1n) is 23.1. The van der Waals surface area contributed by atoms with Crippen molar-refractivity contribution in [3.05, 3.63) is 188 Å². The van der Waals surface area contributed by atoms with E-state index in [9.17, 15) is 55.7 Å². The maximum absolute atomic E-state index is 13.6. The van der Waals surface area contributed by atoms with Crippen molar-refractivity contribution in [3.63, 3.8) is 0 Å². The molecule has 22 N–H and O–H groups in total. The number of aliphatic carboxylic acids is 2. The first-order chi connectivity index (χ1) is 34.1. The molecule has 0 spiro atoms. The minimum atomic E-state index is -4.70. The molecule has 0 radical (unpaired) electrons. The van der Waals surface area contributed by atoms with E-state index in [1.54, 1.807) is 52.0 Å². The number of rotatable bonds is 16. The van der Waals surface area contributed by atoms with Gasteiger partial charge in [0.15, 0.2) is 0 Å². The summed E-state index contributed by atoms with van der Waals surface area (Å²) >= 11 is 0. The van der Waals surface area contributed by atoms with Gasteiger partial charge in [-0.25, -0.2) is 0 Å². The molecular formula is C56H70F6MgN2O18. The summed E-state index contributed by atoms with van der Waals surface area (Å²) in [4.78, 5) is 48.4. The van der Waals surface area contributed by atoms with E-state index in [2.05, 4.69) is 10.6 Å². The number of aryl methyl sites for hydroxylation is 4. The van der Waals surface area contributed by atoms with Crippen LogP contribution in [0.3, 0.4) is 0 Å². The number of carboxylic acid groups (broad SMARTS) is 2. The summed E-state index contributed by atoms with van der Waals surface area (Å²) in [6.07, 6.45) is -7.39. The average molecular weight is 1200 g/mol. The monoisotopic (exact) mass is 1200 g/mol. The summed E-state index contributed by atoms with van der Waals surface area (Å²) in [7, 11) is 0. The van der Waals surface area contributed by atoms with E-state index in [1.165, 1.54) is 24.3 Å². The third kappa shape index (κ3) is 21.8. The number of nitrogens with one attached hydrogen (secondary N) is 2. The predicted molar refractivity (Wildman–Crippen MR) is 296 cm³/mol. The summed E-state index contributed by atoms with van der Waals surface area (Å²) in [5.41, 5.74) is 3.03. The van der Waals surface area contributed by atoms with Crippen LogP contribution in [0.15, 0.2) is 121 Å². The quantitative estimate of drug-likeness (QED) is 0.105. The van der Waals surface area contributed by atoms with E-state index >= 15 is 0 Å². The Morgan fingerprint density at radius 3 is 1.01 bits per heavy atom. The number of amides is 2. The minimum Gasteiger partial charge on any atom is -0.550 e. The van der Waals surface area contributed by atoms with Crippen LogP contribution in [0.2, 0.25) is 0 Å². The van der Waals surface area contributed by atoms with Crippen LogP contribution in [-0.4, -0.2) is 115 Å². The number of carboxylic acids is 2. The molecule has 2 aliphatic rings. The molecule has 6 aromatic carbocycles. The topological polar surface area (TPSA) is 472 Å². The smallest absolute Gasteiger partial charge is 0.550 e. The van der Waals surface area contributed by atoms with Crippen molar-refractivity contribution in [2.24, 2.45) is 11.8 Å². The number of benzene rings is 6. The Hall–Kier alpha value is -7.25. The van der Waals surface area contributed by atoms with Crippen LogP contribution in [0.1, 0.15) is 101 Å². The summed E-state index contributed by atoms with van der Waals surface area (Å²) < 4.78 is 93.5. The van der Waals surface area contributed by atoms with Gasteiger partial charge in [0.05, 0.1) is 35.7 Å². The Morgan fingerprint density at radius 2 is 0.759 bits per heavy atom. The molecule has 0 saturated heterocycles. The Labute approximate surface area is 489 Å². The van der Waals surface area contributed by atoms with Gasteiger partial charge in [0.1, 0.15) is 11.5 Å². The standard InChI is InChI=1S/2C28H26F3NO4.Mg.10H2O/c2*1-16-12-20(36-11-10-18-6-4-3-5-7-18)13-17(2)25(16)26(33)32-24-14-19(21-15-22(21)27(34)35)8-9-23(24)28(29,30)31;;;;;;;;;;;/h2*3-9,12-14,21-22H,10-11,15H2,1-2H3,(H,32,33)(H,34,35);;10*1H2/q;;+2;;;;;;;;;;/p-2/t2*21-,22-;;;;;;;;;;;/m11.........../s1. The van der Waals surface area contributed by atoms with Crippen molar-refractivity contribution < 1.29 is 120 Å². The van der Waals surface area contributed by atoms with E-state index in [0.29, 0.717) is 83.8 Å². The van der Waals surface area contributed by atoms with Gasteiger partial charge < -0.3 is 94.7 Å². The summed E-state index contributed by atoms with van der Waals surface area (Å²) in [5.74, 6) is -5.02. The van der Waals surface area contributed by atoms with Crippen LogP contribution in [0.4, 0.5) is 37.7 Å². The third-order valence-electron chi connectivity index (χ3n) is 12.7. The van der Waals surface area contributed by atoms with Gasteiger partial charge in [-0.3, -0.25) is 9.59 Å². The van der Waals surface area contributed by atoms with Gasteiger partial charge in [0.2, 0.25) is 0 Å². The van der Waals surface area contributed by atoms with Gasteiger partial charge >= 0.3 is 35.4 Å². The van der Waals surface area contributed by atoms with Crippen LogP contribution in [0, 0.1) is 39.5 Å². The van der Waals surface area contributed by atoms with Crippen LogP contribution >= 0.6 is 0 Å². The van der Waals surface area contributed by atoms with Crippen LogP contribution < -0.4 is 30.3 Å². The van der Waals surface area contributed by atoms with Crippen molar-refractivity contribution in [2.75, 3.05) is 23.8 Å². The summed E-state index contributed by atoms with van der Waals surface area (Å²) in [5, 5.41) is 27.0. The van der Waals surface area contributed by atoms with Gasteiger partial charge in [-0.05, 0) is 145 Å². The van der Waals surface area contributed by atoms with Gasteiger partial charge in [0.25, 0.3) is 11.8 Å². The second-order valence-electron chi connectivity index (χ2n) is 18.1. The number of halogens is 6. The van der Waals surface area contributed by atoms with Crippen molar-refractivity contribution >= 4 is 58.2 Å². The fourth-order valence-corrected chi connectivity index (χ4v) is 8.90. The number of carbonyl (C=O) groups is 4. The van der Waals surface area contributed by atoms with E-state index in [4.69, 9.17) is 9.47 Å². The molecule has 2 fully saturated rings. The van der Waals surface area contributed by atoms with E-state index in [1.807, 2.05) is 60.7 Å². The van der Waals surface area contributed by atoms with Crippen LogP contribution in [0.25, 0.3) is 0 Å².